The molecule has 0 aliphatic rings. The molecular formula is C12H19N3O3S. The van der Waals surface area contributed by atoms with Crippen LogP contribution in [0.3, 0.4) is 0 Å². The minimum atomic E-state index is -3.70. The zero-order chi connectivity index (χ0) is 14.5. The van der Waals surface area contributed by atoms with Crippen molar-refractivity contribution in [1.82, 2.24) is 4.90 Å². The van der Waals surface area contributed by atoms with Crippen LogP contribution in [-0.2, 0) is 14.8 Å². The van der Waals surface area contributed by atoms with E-state index < -0.39 is 10.0 Å². The van der Waals surface area contributed by atoms with Crippen LogP contribution in [0.4, 0.5) is 5.69 Å². The third-order valence-electron chi connectivity index (χ3n) is 2.73. The third kappa shape index (κ3) is 4.98. The van der Waals surface area contributed by atoms with Crippen molar-refractivity contribution in [2.45, 2.75) is 18.7 Å². The maximum absolute atomic E-state index is 11.7. The topological polar surface area (TPSA) is 92.5 Å². The quantitative estimate of drug-likeness (QED) is 0.801. The number of nitrogens with two attached hydrogens (primary N) is 1. The Balaban J connectivity index is 2.66. The molecule has 0 unspecified atom stereocenters. The maximum Gasteiger partial charge on any atom is 0.238 e. The molecule has 0 atom stereocenters. The van der Waals surface area contributed by atoms with E-state index in [9.17, 15) is 13.2 Å². The van der Waals surface area contributed by atoms with Gasteiger partial charge in [0.2, 0.25) is 15.9 Å². The molecule has 6 nitrogen and oxygen atoms in total. The normalized spacial score (nSPS) is 11.6. The lowest BCUT2D eigenvalue weighted by Gasteiger charge is -2.17. The second-order valence-corrected chi connectivity index (χ2v) is 5.64. The number of sulfonamides is 1. The highest BCUT2D eigenvalue weighted by molar-refractivity contribution is 7.89. The number of hydrogen-bond donors (Lipinski definition) is 2. The van der Waals surface area contributed by atoms with Crippen molar-refractivity contribution < 1.29 is 13.2 Å². The van der Waals surface area contributed by atoms with Crippen LogP contribution >= 0.6 is 0 Å². The van der Waals surface area contributed by atoms with E-state index >= 15 is 0 Å². The monoisotopic (exact) mass is 285 g/mol. The number of hydrogen-bond acceptors (Lipinski definition) is 4. The molecule has 1 aromatic carbocycles. The molecule has 7 heteroatoms. The fourth-order valence-electron chi connectivity index (χ4n) is 1.58. The van der Waals surface area contributed by atoms with Crippen LogP contribution < -0.4 is 10.5 Å². The lowest BCUT2D eigenvalue weighted by atomic mass is 10.3. The molecule has 0 heterocycles. The van der Waals surface area contributed by atoms with E-state index in [4.69, 9.17) is 5.14 Å². The molecule has 0 aromatic heterocycles. The Hall–Kier alpha value is -1.44. The number of nitrogens with one attached hydrogen (secondary N) is 1. The fourth-order valence-corrected chi connectivity index (χ4v) is 2.09. The van der Waals surface area contributed by atoms with Crippen LogP contribution in [0.2, 0.25) is 0 Å². The van der Waals surface area contributed by atoms with E-state index in [1.54, 1.807) is 0 Å². The molecule has 0 spiro atoms. The molecule has 1 amide bonds. The smallest absolute Gasteiger partial charge is 0.238 e. The van der Waals surface area contributed by atoms with Gasteiger partial charge in [-0.05, 0) is 37.4 Å². The van der Waals surface area contributed by atoms with Gasteiger partial charge in [-0.25, -0.2) is 13.6 Å². The number of rotatable bonds is 6. The number of benzene rings is 1. The van der Waals surface area contributed by atoms with E-state index in [1.807, 2.05) is 18.7 Å². The summed E-state index contributed by atoms with van der Waals surface area (Å²) in [6.07, 6.45) is 0. The summed E-state index contributed by atoms with van der Waals surface area (Å²) in [7, 11) is -3.70. The van der Waals surface area contributed by atoms with Gasteiger partial charge in [-0.15, -0.1) is 0 Å². The van der Waals surface area contributed by atoms with Gasteiger partial charge < -0.3 is 5.32 Å². The number of amides is 1. The van der Waals surface area contributed by atoms with Crippen LogP contribution in [0.15, 0.2) is 29.2 Å². The first kappa shape index (κ1) is 15.6. The summed E-state index contributed by atoms with van der Waals surface area (Å²) < 4.78 is 22.1. The Morgan fingerprint density at radius 1 is 1.21 bits per heavy atom. The first-order chi connectivity index (χ1) is 8.86. The average Bonchev–Trinajstić information content (AvgIpc) is 2.35. The molecule has 0 bridgehead atoms. The number of carbonyl (C=O) groups excluding carboxylic acids is 1. The van der Waals surface area contributed by atoms with Gasteiger partial charge in [-0.3, -0.25) is 9.69 Å². The lowest BCUT2D eigenvalue weighted by Crippen LogP contribution is -2.32. The Morgan fingerprint density at radius 3 is 2.16 bits per heavy atom. The van der Waals surface area contributed by atoms with Gasteiger partial charge in [0.25, 0.3) is 0 Å². The largest absolute Gasteiger partial charge is 0.325 e. The maximum atomic E-state index is 11.7. The van der Waals surface area contributed by atoms with Crippen LogP contribution in [0.5, 0.6) is 0 Å². The Kier molecular flexibility index (Phi) is 5.46. The van der Waals surface area contributed by atoms with Crippen molar-refractivity contribution in [2.75, 3.05) is 25.0 Å². The summed E-state index contributed by atoms with van der Waals surface area (Å²) >= 11 is 0. The predicted octanol–water partition coefficient (Wildman–Crippen LogP) is 0.614. The molecule has 0 aliphatic carbocycles. The van der Waals surface area contributed by atoms with Gasteiger partial charge >= 0.3 is 0 Å². The Morgan fingerprint density at radius 2 is 1.74 bits per heavy atom. The molecule has 0 saturated heterocycles. The van der Waals surface area contributed by atoms with E-state index in [-0.39, 0.29) is 10.8 Å². The first-order valence-corrected chi connectivity index (χ1v) is 7.56. The molecule has 1 rings (SSSR count). The Bertz CT molecular complexity index is 522. The van der Waals surface area contributed by atoms with Crippen LogP contribution in [0, 0.1) is 0 Å². The fraction of sp³-hybridized carbons (Fsp3) is 0.417. The predicted molar refractivity (Wildman–Crippen MR) is 74.2 cm³/mol. The number of carbonyl (C=O) groups is 1. The highest BCUT2D eigenvalue weighted by atomic mass is 32.2. The summed E-state index contributed by atoms with van der Waals surface area (Å²) in [6.45, 7) is 5.88. The highest BCUT2D eigenvalue weighted by Crippen LogP contribution is 2.12. The van der Waals surface area contributed by atoms with E-state index in [0.717, 1.165) is 13.1 Å². The SMILES string of the molecule is CCN(CC)CC(=O)Nc1ccc(S(N)(=O)=O)cc1. The van der Waals surface area contributed by atoms with Gasteiger partial charge in [0.15, 0.2) is 0 Å². The van der Waals surface area contributed by atoms with E-state index in [0.29, 0.717) is 12.2 Å². The number of anilines is 1. The van der Waals surface area contributed by atoms with Gasteiger partial charge in [-0.1, -0.05) is 13.8 Å². The molecule has 106 valence electrons. The lowest BCUT2D eigenvalue weighted by molar-refractivity contribution is -0.117. The summed E-state index contributed by atoms with van der Waals surface area (Å²) in [5.41, 5.74) is 0.546. The number of primary sulfonamides is 1. The summed E-state index contributed by atoms with van der Waals surface area (Å²) in [6, 6.07) is 5.75. The third-order valence-corrected chi connectivity index (χ3v) is 3.66. The molecule has 0 fully saturated rings. The number of likely N-dealkylation sites (N-methyl/N-ethyl adjacent to an activating group) is 1. The molecular weight excluding hydrogens is 266 g/mol. The first-order valence-electron chi connectivity index (χ1n) is 6.02. The summed E-state index contributed by atoms with van der Waals surface area (Å²) in [4.78, 5) is 13.7. The van der Waals surface area contributed by atoms with Gasteiger partial charge in [0.1, 0.15) is 0 Å². The number of nitrogens with zero attached hydrogens (tertiary/aromatic N) is 1. The van der Waals surface area contributed by atoms with Crippen molar-refractivity contribution in [1.29, 1.82) is 0 Å². The standard InChI is InChI=1S/C12H19N3O3S/c1-3-15(4-2)9-12(16)14-10-5-7-11(8-6-10)19(13,17)18/h5-8H,3-4,9H2,1-2H3,(H,14,16)(H2,13,17,18). The zero-order valence-electron chi connectivity index (χ0n) is 11.1. The van der Waals surface area contributed by atoms with Crippen molar-refractivity contribution in [3.05, 3.63) is 24.3 Å². The van der Waals surface area contributed by atoms with Crippen LogP contribution in [0.25, 0.3) is 0 Å². The van der Waals surface area contributed by atoms with Gasteiger partial charge in [-0.2, -0.15) is 0 Å². The molecule has 0 aliphatic heterocycles. The van der Waals surface area contributed by atoms with Crippen LogP contribution in [-0.4, -0.2) is 38.9 Å². The van der Waals surface area contributed by atoms with E-state index in [1.165, 1.54) is 24.3 Å². The molecule has 0 saturated carbocycles. The average molecular weight is 285 g/mol. The minimum Gasteiger partial charge on any atom is -0.325 e. The Labute approximate surface area is 113 Å². The van der Waals surface area contributed by atoms with Crippen LogP contribution in [0.1, 0.15) is 13.8 Å². The minimum absolute atomic E-state index is 0.0224. The van der Waals surface area contributed by atoms with Gasteiger partial charge in [0.05, 0.1) is 11.4 Å². The van der Waals surface area contributed by atoms with Crippen molar-refractivity contribution in [3.63, 3.8) is 0 Å². The molecule has 3 N–H and O–H groups in total. The second kappa shape index (κ2) is 6.65. The van der Waals surface area contributed by atoms with Crippen molar-refractivity contribution in [2.24, 2.45) is 5.14 Å². The van der Waals surface area contributed by atoms with E-state index in [2.05, 4.69) is 5.32 Å². The van der Waals surface area contributed by atoms with Crippen molar-refractivity contribution >= 4 is 21.6 Å². The summed E-state index contributed by atoms with van der Waals surface area (Å²) in [5.74, 6) is -0.132. The highest BCUT2D eigenvalue weighted by Gasteiger charge is 2.09. The second-order valence-electron chi connectivity index (χ2n) is 4.08. The van der Waals surface area contributed by atoms with Crippen molar-refractivity contribution in [3.8, 4) is 0 Å². The molecule has 0 radical (unpaired) electrons. The summed E-state index contributed by atoms with van der Waals surface area (Å²) in [5, 5.41) is 7.69. The van der Waals surface area contributed by atoms with Gasteiger partial charge in [0, 0.05) is 5.69 Å². The zero-order valence-corrected chi connectivity index (χ0v) is 11.9. The molecule has 19 heavy (non-hydrogen) atoms. The molecule has 1 aromatic rings.